The highest BCUT2D eigenvalue weighted by Crippen LogP contribution is 2.42. The van der Waals surface area contributed by atoms with Crippen LogP contribution in [0.25, 0.3) is 10.6 Å². The summed E-state index contributed by atoms with van der Waals surface area (Å²) >= 11 is 5.75. The van der Waals surface area contributed by atoms with Crippen molar-refractivity contribution in [2.75, 3.05) is 5.32 Å². The van der Waals surface area contributed by atoms with Gasteiger partial charge in [-0.1, -0.05) is 17.7 Å². The molecule has 5 nitrogen and oxygen atoms in total. The fourth-order valence-electron chi connectivity index (χ4n) is 2.84. The Labute approximate surface area is 206 Å². The summed E-state index contributed by atoms with van der Waals surface area (Å²) in [6.07, 6.45) is -12.4. The van der Waals surface area contributed by atoms with Gasteiger partial charge in [0.25, 0.3) is 5.91 Å². The lowest BCUT2D eigenvalue weighted by molar-refractivity contribution is -0.189. The first-order valence-corrected chi connectivity index (χ1v) is 10.8. The molecule has 0 saturated carbocycles. The van der Waals surface area contributed by atoms with Gasteiger partial charge in [-0.2, -0.15) is 26.3 Å². The van der Waals surface area contributed by atoms with Crippen LogP contribution in [0.4, 0.5) is 40.8 Å². The third-order valence-electron chi connectivity index (χ3n) is 4.61. The monoisotopic (exact) mass is 560 g/mol. The van der Waals surface area contributed by atoms with E-state index in [0.29, 0.717) is 19.1 Å². The first-order valence-electron chi connectivity index (χ1n) is 9.63. The zero-order valence-electron chi connectivity index (χ0n) is 17.7. The number of rotatable bonds is 6. The number of para-hydroxylation sites is 1. The highest BCUT2D eigenvalue weighted by Gasteiger charge is 2.40. The Morgan fingerprint density at radius 1 is 1.17 bits per heavy atom. The van der Waals surface area contributed by atoms with Crippen molar-refractivity contribution in [3.05, 3.63) is 63.1 Å². The molecule has 0 saturated heterocycles. The molecule has 0 aliphatic carbocycles. The second kappa shape index (κ2) is 10.2. The smallest absolute Gasteiger partial charge is 0.427 e. The molecule has 1 amide bonds. The molecule has 1 heterocycles. The number of halogens is 9. The lowest BCUT2D eigenvalue weighted by atomic mass is 10.1. The van der Waals surface area contributed by atoms with Gasteiger partial charge in [0.1, 0.15) is 27.3 Å². The first kappa shape index (κ1) is 27.6. The summed E-state index contributed by atoms with van der Waals surface area (Å²) in [6.45, 7) is -0.571. The number of carbonyl (C=O) groups is 1. The number of thiazole rings is 1. The maximum atomic E-state index is 15.0. The number of hydrogen-bond acceptors (Lipinski definition) is 5. The predicted octanol–water partition coefficient (Wildman–Crippen LogP) is 6.83. The van der Waals surface area contributed by atoms with Crippen LogP contribution in [-0.4, -0.2) is 28.3 Å². The normalized spacial score (nSPS) is 13.0. The van der Waals surface area contributed by atoms with E-state index in [-0.39, 0.29) is 16.4 Å². The molecule has 0 aliphatic rings. The van der Waals surface area contributed by atoms with Gasteiger partial charge in [-0.3, -0.25) is 4.79 Å². The Bertz CT molecular complexity index is 1270. The van der Waals surface area contributed by atoms with Crippen LogP contribution in [0.3, 0.4) is 0 Å². The minimum atomic E-state index is -4.95. The Kier molecular flexibility index (Phi) is 7.81. The minimum Gasteiger partial charge on any atom is -0.480 e. The predicted molar refractivity (Wildman–Crippen MR) is 114 cm³/mol. The zero-order chi connectivity index (χ0) is 27.0. The van der Waals surface area contributed by atoms with E-state index in [1.807, 2.05) is 5.32 Å². The van der Waals surface area contributed by atoms with Gasteiger partial charge in [0.05, 0.1) is 28.6 Å². The van der Waals surface area contributed by atoms with E-state index in [0.717, 1.165) is 6.07 Å². The number of amides is 1. The molecule has 1 aromatic heterocycles. The first-order chi connectivity index (χ1) is 16.6. The number of hydrogen-bond donors (Lipinski definition) is 2. The Morgan fingerprint density at radius 2 is 1.83 bits per heavy atom. The number of aliphatic hydroxyl groups excluding tert-OH is 1. The zero-order valence-corrected chi connectivity index (χ0v) is 19.3. The van der Waals surface area contributed by atoms with E-state index >= 15 is 0 Å². The van der Waals surface area contributed by atoms with Gasteiger partial charge in [0.2, 0.25) is 0 Å². The van der Waals surface area contributed by atoms with Crippen LogP contribution < -0.4 is 10.1 Å². The van der Waals surface area contributed by atoms with Crippen molar-refractivity contribution in [2.24, 2.45) is 0 Å². The number of benzene rings is 2. The van der Waals surface area contributed by atoms with Crippen molar-refractivity contribution < 1.29 is 49.8 Å². The lowest BCUT2D eigenvalue weighted by Crippen LogP contribution is -2.32. The molecule has 194 valence electrons. The largest absolute Gasteiger partial charge is 0.480 e. The Balaban J connectivity index is 2.14. The minimum absolute atomic E-state index is 0.0693. The van der Waals surface area contributed by atoms with Crippen LogP contribution >= 0.6 is 22.9 Å². The van der Waals surface area contributed by atoms with E-state index in [2.05, 4.69) is 4.98 Å². The topological polar surface area (TPSA) is 71.5 Å². The van der Waals surface area contributed by atoms with Gasteiger partial charge in [-0.25, -0.2) is 13.8 Å². The molecule has 0 fully saturated rings. The van der Waals surface area contributed by atoms with Crippen LogP contribution in [0.15, 0.2) is 30.3 Å². The molecule has 2 aromatic carbocycles. The van der Waals surface area contributed by atoms with E-state index in [4.69, 9.17) is 16.3 Å². The number of aromatic nitrogens is 1. The van der Waals surface area contributed by atoms with Crippen molar-refractivity contribution in [3.8, 4) is 16.3 Å². The molecule has 0 aliphatic heterocycles. The molecule has 2 N–H and O–H groups in total. The van der Waals surface area contributed by atoms with E-state index in [1.165, 1.54) is 12.1 Å². The summed E-state index contributed by atoms with van der Waals surface area (Å²) in [7, 11) is 0. The van der Waals surface area contributed by atoms with Crippen molar-refractivity contribution in [3.63, 3.8) is 0 Å². The highest BCUT2D eigenvalue weighted by atomic mass is 35.5. The molecule has 1 unspecified atom stereocenters. The van der Waals surface area contributed by atoms with Crippen LogP contribution in [-0.2, 0) is 12.8 Å². The third kappa shape index (κ3) is 5.87. The molecular formula is C21H13ClF8N2O3S. The number of ether oxygens (including phenoxy) is 1. The molecule has 1 atom stereocenters. The molecule has 3 aromatic rings. The average Bonchev–Trinajstić information content (AvgIpc) is 3.21. The summed E-state index contributed by atoms with van der Waals surface area (Å²) < 4.78 is 113. The summed E-state index contributed by atoms with van der Waals surface area (Å²) in [5.74, 6) is -4.55. The molecule has 15 heteroatoms. The Hall–Kier alpha value is -2.97. The fourth-order valence-corrected chi connectivity index (χ4v) is 4.01. The van der Waals surface area contributed by atoms with Crippen molar-refractivity contribution >= 4 is 34.5 Å². The van der Waals surface area contributed by atoms with Crippen LogP contribution in [0.1, 0.15) is 27.9 Å². The second-order valence-electron chi connectivity index (χ2n) is 7.13. The van der Waals surface area contributed by atoms with Crippen molar-refractivity contribution in [1.29, 1.82) is 0 Å². The standard InChI is InChI=1S/C21H13ClF8N2O3S/c1-8(20(25,26)27)35-15-6-9(19-31-14(7-33)17(36-19)21(28,29)30)13(24)5-10(15)18(34)32-16-11(22)3-2-4-12(16)23/h2-6,8,33H,7H2,1H3,(H,32,34). The maximum Gasteiger partial charge on any atom is 0.427 e. The van der Waals surface area contributed by atoms with Gasteiger partial charge < -0.3 is 15.2 Å². The molecule has 0 bridgehead atoms. The molecule has 0 spiro atoms. The van der Waals surface area contributed by atoms with Gasteiger partial charge in [0, 0.05) is 5.56 Å². The summed E-state index contributed by atoms with van der Waals surface area (Å²) in [4.78, 5) is 14.9. The number of carbonyl (C=O) groups excluding carboxylic acids is 1. The lowest BCUT2D eigenvalue weighted by Gasteiger charge is -2.20. The quantitative estimate of drug-likeness (QED) is 0.324. The third-order valence-corrected chi connectivity index (χ3v) is 6.11. The molecule has 3 rings (SSSR count). The highest BCUT2D eigenvalue weighted by molar-refractivity contribution is 7.15. The Morgan fingerprint density at radius 3 is 2.36 bits per heavy atom. The van der Waals surface area contributed by atoms with Gasteiger partial charge in [-0.05, 0) is 31.2 Å². The van der Waals surface area contributed by atoms with E-state index in [9.17, 15) is 45.0 Å². The number of aliphatic hydroxyl groups is 1. The number of nitrogens with zero attached hydrogens (tertiary/aromatic N) is 1. The van der Waals surface area contributed by atoms with Crippen molar-refractivity contribution in [1.82, 2.24) is 4.98 Å². The summed E-state index contributed by atoms with van der Waals surface area (Å²) in [5.41, 5.74) is -2.94. The fraction of sp³-hybridized carbons (Fsp3) is 0.238. The van der Waals surface area contributed by atoms with E-state index < -0.39 is 80.7 Å². The number of anilines is 1. The van der Waals surface area contributed by atoms with Crippen LogP contribution in [0.2, 0.25) is 5.02 Å². The van der Waals surface area contributed by atoms with E-state index in [1.54, 1.807) is 0 Å². The van der Waals surface area contributed by atoms with Gasteiger partial charge in [0.15, 0.2) is 6.10 Å². The average molecular weight is 561 g/mol. The van der Waals surface area contributed by atoms with Crippen LogP contribution in [0.5, 0.6) is 5.75 Å². The van der Waals surface area contributed by atoms with Gasteiger partial charge in [-0.15, -0.1) is 11.3 Å². The summed E-state index contributed by atoms with van der Waals surface area (Å²) in [6, 6.07) is 4.31. The number of alkyl halides is 6. The maximum absolute atomic E-state index is 15.0. The van der Waals surface area contributed by atoms with Crippen molar-refractivity contribution in [2.45, 2.75) is 32.0 Å². The SMILES string of the molecule is CC(Oc1cc(-c2nc(CO)c(C(F)(F)F)s2)c(F)cc1C(=O)Nc1c(F)cccc1Cl)C(F)(F)F. The molecule has 0 radical (unpaired) electrons. The molecular weight excluding hydrogens is 548 g/mol. The molecule has 36 heavy (non-hydrogen) atoms. The van der Waals surface area contributed by atoms with Gasteiger partial charge >= 0.3 is 12.4 Å². The number of nitrogens with one attached hydrogen (secondary N) is 1. The second-order valence-corrected chi connectivity index (χ2v) is 8.54. The summed E-state index contributed by atoms with van der Waals surface area (Å²) in [5, 5.41) is 10.3. The van der Waals surface area contributed by atoms with Crippen LogP contribution in [0, 0.1) is 11.6 Å².